The van der Waals surface area contributed by atoms with Gasteiger partial charge in [0.25, 0.3) is 15.9 Å². The number of aromatic nitrogens is 2. The molecule has 55 heavy (non-hydrogen) atoms. The van der Waals surface area contributed by atoms with Crippen molar-refractivity contribution in [1.29, 1.82) is 0 Å². The highest BCUT2D eigenvalue weighted by molar-refractivity contribution is 7.92. The van der Waals surface area contributed by atoms with Gasteiger partial charge in [0.2, 0.25) is 0 Å². The molecule has 300 valence electrons. The van der Waals surface area contributed by atoms with Gasteiger partial charge in [-0.3, -0.25) is 4.90 Å². The molecule has 2 fully saturated rings. The molecule has 10 nitrogen and oxygen atoms in total. The molecule has 2 aliphatic rings. The number of rotatable bonds is 12. The van der Waals surface area contributed by atoms with E-state index in [9.17, 15) is 17.2 Å². The number of nitrogens with zero attached hydrogens (tertiary/aromatic N) is 6. The third-order valence-electron chi connectivity index (χ3n) is 9.91. The molecule has 4 aromatic rings. The minimum absolute atomic E-state index is 0.0989. The first-order valence-corrected chi connectivity index (χ1v) is 20.1. The molecule has 2 aliphatic heterocycles. The van der Waals surface area contributed by atoms with Crippen LogP contribution in [-0.4, -0.2) is 94.8 Å². The van der Waals surface area contributed by atoms with Gasteiger partial charge in [-0.2, -0.15) is 0 Å². The molecule has 0 saturated carbocycles. The average molecular weight is 785 g/mol. The molecule has 0 aliphatic carbocycles. The number of benzene rings is 3. The van der Waals surface area contributed by atoms with E-state index in [-0.39, 0.29) is 17.9 Å². The van der Waals surface area contributed by atoms with Crippen LogP contribution in [-0.2, 0) is 28.9 Å². The minimum atomic E-state index is -4.36. The van der Waals surface area contributed by atoms with Crippen LogP contribution >= 0.6 is 0 Å². The Balaban J connectivity index is 0.000000407. The summed E-state index contributed by atoms with van der Waals surface area (Å²) in [5, 5.41) is 0. The highest BCUT2D eigenvalue weighted by Gasteiger charge is 2.34. The summed E-state index contributed by atoms with van der Waals surface area (Å²) in [6, 6.07) is 18.4. The van der Waals surface area contributed by atoms with Gasteiger partial charge < -0.3 is 19.3 Å². The fourth-order valence-corrected chi connectivity index (χ4v) is 8.13. The summed E-state index contributed by atoms with van der Waals surface area (Å²) in [7, 11) is 2.96. The van der Waals surface area contributed by atoms with Gasteiger partial charge in [0.05, 0.1) is 20.8 Å². The SMILES string of the molecule is CC.CCc1cccc(C(C)(F)F)c1.COc1ccc(CN(c2ccncn2)S(=O)(=O)c2ccc(N3CCCC(N(C)C4CN(C)C4)C3)cc2F)c(OC)c1. The Kier molecular flexibility index (Phi) is 15.3. The molecular weight excluding hydrogens is 730 g/mol. The number of anilines is 2. The van der Waals surface area contributed by atoms with Gasteiger partial charge >= 0.3 is 0 Å². The number of likely N-dealkylation sites (tertiary alicyclic amines) is 1. The lowest BCUT2D eigenvalue weighted by Gasteiger charge is -2.48. The van der Waals surface area contributed by atoms with Crippen molar-refractivity contribution in [2.45, 2.75) is 76.4 Å². The number of alkyl halides is 2. The van der Waals surface area contributed by atoms with Crippen LogP contribution in [0.5, 0.6) is 11.5 Å². The van der Waals surface area contributed by atoms with E-state index in [2.05, 4.69) is 38.8 Å². The zero-order chi connectivity index (χ0) is 40.3. The predicted molar refractivity (Wildman–Crippen MR) is 212 cm³/mol. The number of hydrogen-bond acceptors (Lipinski definition) is 9. The van der Waals surface area contributed by atoms with E-state index in [1.165, 1.54) is 51.0 Å². The number of methoxy groups -OCH3 is 2. The molecule has 3 aromatic carbocycles. The Hall–Kier alpha value is -4.40. The number of ether oxygens (including phenoxy) is 2. The second-order valence-corrected chi connectivity index (χ2v) is 15.4. The molecule has 0 radical (unpaired) electrons. The van der Waals surface area contributed by atoms with Crippen LogP contribution in [0.4, 0.5) is 24.7 Å². The van der Waals surface area contributed by atoms with E-state index in [1.54, 1.807) is 36.4 Å². The van der Waals surface area contributed by atoms with Crippen molar-refractivity contribution in [2.75, 3.05) is 63.7 Å². The topological polar surface area (TPSA) is 91.3 Å². The van der Waals surface area contributed by atoms with Crippen molar-refractivity contribution in [3.05, 3.63) is 102 Å². The number of sulfonamides is 1. The molecule has 1 aromatic heterocycles. The number of hydrogen-bond donors (Lipinski definition) is 0. The van der Waals surface area contributed by atoms with Gasteiger partial charge in [-0.1, -0.05) is 39.0 Å². The van der Waals surface area contributed by atoms with Gasteiger partial charge in [0.15, 0.2) is 0 Å². The standard InChI is InChI=1S/C29H37FN6O4S.C10H12F2.C2H6/c1-33-17-24(18-33)34(2)23-6-5-13-35(19-23)22-8-10-28(26(30)14-22)41(37,38)36(29-11-12-31-20-32-29)16-21-7-9-25(39-3)15-27(21)40-4;1-3-8-5-4-6-9(7-8)10(2,11)12;1-2/h7-12,14-15,20,23-24H,5-6,13,16-19H2,1-4H3;4-7H,3H2,1-2H3;1-2H3. The summed E-state index contributed by atoms with van der Waals surface area (Å²) in [4.78, 5) is 14.5. The van der Waals surface area contributed by atoms with E-state index >= 15 is 4.39 Å². The van der Waals surface area contributed by atoms with Crippen LogP contribution < -0.4 is 18.7 Å². The first-order chi connectivity index (χ1) is 26.2. The largest absolute Gasteiger partial charge is 0.497 e. The third kappa shape index (κ3) is 10.9. The number of likely N-dealkylation sites (N-methyl/N-ethyl adjacent to an activating group) is 2. The van der Waals surface area contributed by atoms with Crippen molar-refractivity contribution >= 4 is 21.5 Å². The minimum Gasteiger partial charge on any atom is -0.497 e. The second kappa shape index (κ2) is 19.5. The van der Waals surface area contributed by atoms with Gasteiger partial charge in [0, 0.05) is 80.3 Å². The quantitative estimate of drug-likeness (QED) is 0.144. The fourth-order valence-electron chi connectivity index (χ4n) is 6.68. The first-order valence-electron chi connectivity index (χ1n) is 18.7. The molecular formula is C41H55F3N6O4S. The van der Waals surface area contributed by atoms with E-state index in [4.69, 9.17) is 9.47 Å². The molecule has 1 unspecified atom stereocenters. The van der Waals surface area contributed by atoms with Crippen molar-refractivity contribution in [1.82, 2.24) is 19.8 Å². The number of halogens is 3. The summed E-state index contributed by atoms with van der Waals surface area (Å²) >= 11 is 0. The first kappa shape index (κ1) is 43.3. The summed E-state index contributed by atoms with van der Waals surface area (Å²) in [5.41, 5.74) is 2.29. The average Bonchev–Trinajstić information content (AvgIpc) is 3.19. The highest BCUT2D eigenvalue weighted by Crippen LogP contribution is 2.33. The van der Waals surface area contributed by atoms with Crippen LogP contribution in [0.2, 0.25) is 0 Å². The molecule has 0 bridgehead atoms. The summed E-state index contributed by atoms with van der Waals surface area (Å²) in [5.74, 6) is -2.41. The Morgan fingerprint density at radius 3 is 2.31 bits per heavy atom. The van der Waals surface area contributed by atoms with Crippen LogP contribution in [0.25, 0.3) is 0 Å². The van der Waals surface area contributed by atoms with E-state index in [0.717, 1.165) is 62.2 Å². The van der Waals surface area contributed by atoms with Crippen LogP contribution in [0.15, 0.2) is 84.1 Å². The van der Waals surface area contributed by atoms with Crippen LogP contribution in [0.1, 0.15) is 57.2 Å². The van der Waals surface area contributed by atoms with E-state index < -0.39 is 26.7 Å². The lowest BCUT2D eigenvalue weighted by molar-refractivity contribution is 0.0174. The summed E-state index contributed by atoms with van der Waals surface area (Å²) in [6.45, 7) is 10.4. The maximum absolute atomic E-state index is 15.7. The lowest BCUT2D eigenvalue weighted by Crippen LogP contribution is -2.61. The number of aryl methyl sites for hydroxylation is 1. The van der Waals surface area contributed by atoms with Crippen molar-refractivity contribution in [2.24, 2.45) is 0 Å². The molecule has 6 rings (SSSR count). The smallest absolute Gasteiger partial charge is 0.270 e. The van der Waals surface area contributed by atoms with Crippen molar-refractivity contribution in [3.63, 3.8) is 0 Å². The van der Waals surface area contributed by atoms with Crippen molar-refractivity contribution in [3.8, 4) is 11.5 Å². The molecule has 0 amide bonds. The molecule has 0 spiro atoms. The zero-order valence-electron chi connectivity index (χ0n) is 33.2. The predicted octanol–water partition coefficient (Wildman–Crippen LogP) is 7.63. The molecule has 14 heteroatoms. The second-order valence-electron chi connectivity index (χ2n) is 13.6. The van der Waals surface area contributed by atoms with Crippen LogP contribution in [0.3, 0.4) is 0 Å². The third-order valence-corrected chi connectivity index (χ3v) is 11.7. The van der Waals surface area contributed by atoms with Gasteiger partial charge in [0.1, 0.15) is 34.4 Å². The van der Waals surface area contributed by atoms with Gasteiger partial charge in [-0.25, -0.2) is 35.9 Å². The Morgan fingerprint density at radius 1 is 0.964 bits per heavy atom. The Bertz CT molecular complexity index is 1930. The molecule has 0 N–H and O–H groups in total. The molecule has 2 saturated heterocycles. The van der Waals surface area contributed by atoms with E-state index in [1.807, 2.05) is 26.8 Å². The lowest BCUT2D eigenvalue weighted by atomic mass is 9.99. The molecule has 3 heterocycles. The normalized spacial score (nSPS) is 16.3. The van der Waals surface area contributed by atoms with Crippen LogP contribution in [0, 0.1) is 5.82 Å². The van der Waals surface area contributed by atoms with Gasteiger partial charge in [-0.15, -0.1) is 0 Å². The maximum Gasteiger partial charge on any atom is 0.270 e. The zero-order valence-corrected chi connectivity index (χ0v) is 34.0. The van der Waals surface area contributed by atoms with E-state index in [0.29, 0.717) is 34.8 Å². The molecule has 1 atom stereocenters. The highest BCUT2D eigenvalue weighted by atomic mass is 32.2. The number of piperidine rings is 1. The summed E-state index contributed by atoms with van der Waals surface area (Å²) < 4.78 is 81.1. The monoisotopic (exact) mass is 784 g/mol. The Morgan fingerprint density at radius 2 is 1.71 bits per heavy atom. The van der Waals surface area contributed by atoms with Gasteiger partial charge in [-0.05, 0) is 75.3 Å². The maximum atomic E-state index is 15.7. The Labute approximate surface area is 324 Å². The van der Waals surface area contributed by atoms with Crippen molar-refractivity contribution < 1.29 is 31.1 Å². The summed E-state index contributed by atoms with van der Waals surface area (Å²) in [6.07, 6.45) is 5.58. The fraction of sp³-hybridized carbons (Fsp3) is 0.463.